The van der Waals surface area contributed by atoms with Gasteiger partial charge in [0.15, 0.2) is 0 Å². The van der Waals surface area contributed by atoms with Gasteiger partial charge in [-0.25, -0.2) is 0 Å². The van der Waals surface area contributed by atoms with Gasteiger partial charge in [-0.2, -0.15) is 0 Å². The van der Waals surface area contributed by atoms with Gasteiger partial charge in [0.25, 0.3) is 0 Å². The average Bonchev–Trinajstić information content (AvgIpc) is 3.20. The van der Waals surface area contributed by atoms with Gasteiger partial charge in [0.2, 0.25) is 5.88 Å². The molecule has 0 saturated carbocycles. The number of aliphatic imine (C=N–C) groups is 1. The summed E-state index contributed by atoms with van der Waals surface area (Å²) < 4.78 is 6.13. The highest BCUT2D eigenvalue weighted by Crippen LogP contribution is 2.37. The minimum absolute atomic E-state index is 0.212. The first-order valence-electron chi connectivity index (χ1n) is 10.7. The van der Waals surface area contributed by atoms with Crippen molar-refractivity contribution < 1.29 is 4.74 Å². The van der Waals surface area contributed by atoms with Crippen molar-refractivity contribution in [1.82, 2.24) is 19.8 Å². The molecule has 3 atom stereocenters. The zero-order chi connectivity index (χ0) is 20.5. The zero-order valence-electron chi connectivity index (χ0n) is 17.5. The molecule has 5 rings (SSSR count). The van der Waals surface area contributed by atoms with Crippen LogP contribution in [-0.4, -0.2) is 51.3 Å². The maximum atomic E-state index is 6.13. The SMILES string of the molecule is Cc1cccnc1[C@@H]1CCC[C@H](C2CN3C(Oc4ccncc4)=CC=CC3=N2)N1C. The van der Waals surface area contributed by atoms with Crippen molar-refractivity contribution in [3.63, 3.8) is 0 Å². The van der Waals surface area contributed by atoms with Gasteiger partial charge in [-0.15, -0.1) is 0 Å². The third kappa shape index (κ3) is 3.52. The molecule has 30 heavy (non-hydrogen) atoms. The Morgan fingerprint density at radius 3 is 2.80 bits per heavy atom. The number of hydrogen-bond acceptors (Lipinski definition) is 6. The number of ether oxygens (including phenoxy) is 1. The van der Waals surface area contributed by atoms with Gasteiger partial charge >= 0.3 is 0 Å². The van der Waals surface area contributed by atoms with Crippen LogP contribution in [0.4, 0.5) is 0 Å². The van der Waals surface area contributed by atoms with Gasteiger partial charge in [-0.05, 0) is 69.1 Å². The van der Waals surface area contributed by atoms with Gasteiger partial charge in [0, 0.05) is 24.6 Å². The molecule has 0 amide bonds. The minimum atomic E-state index is 0.212. The van der Waals surface area contributed by atoms with Crippen LogP contribution in [0.1, 0.15) is 36.6 Å². The summed E-state index contributed by atoms with van der Waals surface area (Å²) in [5, 5.41) is 0. The molecule has 0 radical (unpaired) electrons. The number of nitrogens with zero attached hydrogens (tertiary/aromatic N) is 5. The number of hydrogen-bond donors (Lipinski definition) is 0. The van der Waals surface area contributed by atoms with Gasteiger partial charge in [-0.3, -0.25) is 24.8 Å². The van der Waals surface area contributed by atoms with Crippen LogP contribution in [0.15, 0.2) is 72.0 Å². The first-order valence-corrected chi connectivity index (χ1v) is 10.7. The largest absolute Gasteiger partial charge is 0.441 e. The summed E-state index contributed by atoms with van der Waals surface area (Å²) in [6, 6.07) is 8.87. The lowest BCUT2D eigenvalue weighted by atomic mass is 9.89. The van der Waals surface area contributed by atoms with E-state index in [1.165, 1.54) is 17.7 Å². The van der Waals surface area contributed by atoms with E-state index in [9.17, 15) is 0 Å². The van der Waals surface area contributed by atoms with Crippen molar-refractivity contribution in [2.45, 2.75) is 44.3 Å². The molecule has 3 aliphatic heterocycles. The van der Waals surface area contributed by atoms with Crippen molar-refractivity contribution in [2.75, 3.05) is 13.6 Å². The van der Waals surface area contributed by atoms with Crippen molar-refractivity contribution in [3.8, 4) is 5.75 Å². The third-order valence-corrected chi connectivity index (χ3v) is 6.37. The van der Waals surface area contributed by atoms with Crippen molar-refractivity contribution in [1.29, 1.82) is 0 Å². The fraction of sp³-hybridized carbons (Fsp3) is 0.375. The summed E-state index contributed by atoms with van der Waals surface area (Å²) in [5.41, 5.74) is 2.47. The van der Waals surface area contributed by atoms with Crippen LogP contribution in [0.25, 0.3) is 0 Å². The van der Waals surface area contributed by atoms with Gasteiger partial charge in [0.05, 0.1) is 24.3 Å². The normalized spacial score (nSPS) is 26.2. The molecule has 5 heterocycles. The molecule has 0 N–H and O–H groups in total. The predicted octanol–water partition coefficient (Wildman–Crippen LogP) is 3.88. The number of likely N-dealkylation sites (N-methyl/N-ethyl adjacent to an activating group) is 1. The number of piperidine rings is 1. The van der Waals surface area contributed by atoms with Crippen molar-refractivity contribution in [2.24, 2.45) is 4.99 Å². The molecule has 6 nitrogen and oxygen atoms in total. The molecule has 0 aliphatic carbocycles. The van der Waals surface area contributed by atoms with Gasteiger partial charge in [-0.1, -0.05) is 12.1 Å². The number of allylic oxidation sites excluding steroid dienone is 2. The smallest absolute Gasteiger partial charge is 0.201 e. The standard InChI is InChI=1S/C24H27N5O/c1-17-6-5-13-26-24(17)21-8-3-7-20(28(21)2)19-16-29-22(27-19)9-4-10-23(29)30-18-11-14-25-15-12-18/h4-6,9-15,19-21H,3,7-8,16H2,1-2H3/t19?,20-,21+/m1/s1. The number of aromatic nitrogens is 2. The van der Waals surface area contributed by atoms with Crippen molar-refractivity contribution in [3.05, 3.63) is 78.2 Å². The highest BCUT2D eigenvalue weighted by molar-refractivity contribution is 5.96. The van der Waals surface area contributed by atoms with E-state index in [2.05, 4.69) is 40.9 Å². The Balaban J connectivity index is 1.34. The van der Waals surface area contributed by atoms with E-state index in [1.807, 2.05) is 36.5 Å². The summed E-state index contributed by atoms with van der Waals surface area (Å²) >= 11 is 0. The van der Waals surface area contributed by atoms with E-state index in [-0.39, 0.29) is 6.04 Å². The molecule has 2 aromatic heterocycles. The Bertz CT molecular complexity index is 1000. The maximum Gasteiger partial charge on any atom is 0.201 e. The average molecular weight is 402 g/mol. The number of likely N-dealkylation sites (tertiary alicyclic amines) is 1. The van der Waals surface area contributed by atoms with Crippen molar-refractivity contribution >= 4 is 5.84 Å². The van der Waals surface area contributed by atoms with E-state index >= 15 is 0 Å². The van der Waals surface area contributed by atoms with E-state index in [1.54, 1.807) is 12.4 Å². The number of rotatable bonds is 4. The molecule has 2 aromatic rings. The monoisotopic (exact) mass is 401 g/mol. The first-order chi connectivity index (χ1) is 14.7. The Morgan fingerprint density at radius 2 is 1.97 bits per heavy atom. The molecular formula is C24H27N5O. The molecule has 1 unspecified atom stereocenters. The number of fused-ring (bicyclic) bond motifs is 1. The molecule has 1 saturated heterocycles. The molecule has 3 aliphatic rings. The Morgan fingerprint density at radius 1 is 1.10 bits per heavy atom. The fourth-order valence-corrected chi connectivity index (χ4v) is 4.83. The maximum absolute atomic E-state index is 6.13. The Kier molecular flexibility index (Phi) is 5.09. The predicted molar refractivity (Wildman–Crippen MR) is 117 cm³/mol. The summed E-state index contributed by atoms with van der Waals surface area (Å²) in [7, 11) is 2.24. The highest BCUT2D eigenvalue weighted by Gasteiger charge is 2.39. The molecule has 1 fully saturated rings. The summed E-state index contributed by atoms with van der Waals surface area (Å²) in [5.74, 6) is 2.59. The summed E-state index contributed by atoms with van der Waals surface area (Å²) in [6.07, 6.45) is 15.0. The molecule has 154 valence electrons. The second kappa shape index (κ2) is 8.03. The van der Waals surface area contributed by atoms with Gasteiger partial charge < -0.3 is 4.74 Å². The minimum Gasteiger partial charge on any atom is -0.441 e. The lowest BCUT2D eigenvalue weighted by Crippen LogP contribution is -2.47. The van der Waals surface area contributed by atoms with E-state index in [0.717, 1.165) is 36.9 Å². The quantitative estimate of drug-likeness (QED) is 0.778. The van der Waals surface area contributed by atoms with Gasteiger partial charge in [0.1, 0.15) is 11.6 Å². The molecular weight excluding hydrogens is 374 g/mol. The summed E-state index contributed by atoms with van der Waals surface area (Å²) in [4.78, 5) is 18.6. The highest BCUT2D eigenvalue weighted by atomic mass is 16.5. The number of amidine groups is 1. The first kappa shape index (κ1) is 19.0. The number of aryl methyl sites for hydroxylation is 1. The van der Waals surface area contributed by atoms with Crippen LogP contribution in [-0.2, 0) is 0 Å². The van der Waals surface area contributed by atoms with E-state index < -0.39 is 0 Å². The Hall–Kier alpha value is -2.99. The van der Waals surface area contributed by atoms with E-state index in [0.29, 0.717) is 12.1 Å². The number of pyridine rings is 2. The second-order valence-corrected chi connectivity index (χ2v) is 8.20. The van der Waals surface area contributed by atoms with Crippen LogP contribution < -0.4 is 4.74 Å². The zero-order valence-corrected chi connectivity index (χ0v) is 17.5. The van der Waals surface area contributed by atoms with Crippen LogP contribution in [0, 0.1) is 6.92 Å². The van der Waals surface area contributed by atoms with Crippen LogP contribution in [0.3, 0.4) is 0 Å². The molecule has 0 spiro atoms. The van der Waals surface area contributed by atoms with Crippen LogP contribution in [0.2, 0.25) is 0 Å². The lowest BCUT2D eigenvalue weighted by molar-refractivity contribution is 0.0917. The fourth-order valence-electron chi connectivity index (χ4n) is 4.83. The molecule has 0 bridgehead atoms. The second-order valence-electron chi connectivity index (χ2n) is 8.20. The van der Waals surface area contributed by atoms with Crippen LogP contribution in [0.5, 0.6) is 5.75 Å². The topological polar surface area (TPSA) is 53.9 Å². The van der Waals surface area contributed by atoms with E-state index in [4.69, 9.17) is 14.7 Å². The summed E-state index contributed by atoms with van der Waals surface area (Å²) in [6.45, 7) is 2.99. The Labute approximate surface area is 177 Å². The lowest BCUT2D eigenvalue weighted by Gasteiger charge is -2.41. The van der Waals surface area contributed by atoms with Crippen LogP contribution >= 0.6 is 0 Å². The molecule has 6 heteroatoms. The third-order valence-electron chi connectivity index (χ3n) is 6.37. The molecule has 0 aromatic carbocycles.